The van der Waals surface area contributed by atoms with E-state index in [1.165, 1.54) is 12.8 Å². The lowest BCUT2D eigenvalue weighted by atomic mass is 9.85. The van der Waals surface area contributed by atoms with E-state index in [0.29, 0.717) is 5.92 Å². The van der Waals surface area contributed by atoms with Crippen molar-refractivity contribution in [3.05, 3.63) is 0 Å². The van der Waals surface area contributed by atoms with E-state index in [4.69, 9.17) is 5.11 Å². The van der Waals surface area contributed by atoms with Crippen LogP contribution in [0.2, 0.25) is 0 Å². The minimum atomic E-state index is -0.953. The number of urea groups is 1. The number of carboxylic acids is 1. The standard InChI is InChI=1S/C14H24N2O4/c1-9(6-10-4-5-10)15-13(20)16-11(17)7-14(2,3)8-12(18)19/h9-10H,4-8H2,1-3H3,(H,18,19)(H2,15,16,17,20). The number of hydrogen-bond acceptors (Lipinski definition) is 3. The van der Waals surface area contributed by atoms with Crippen molar-refractivity contribution in [1.82, 2.24) is 10.6 Å². The van der Waals surface area contributed by atoms with Gasteiger partial charge < -0.3 is 10.4 Å². The van der Waals surface area contributed by atoms with Crippen molar-refractivity contribution in [3.63, 3.8) is 0 Å². The minimum absolute atomic E-state index is 0.00370. The molecule has 0 aromatic rings. The Morgan fingerprint density at radius 2 is 1.85 bits per heavy atom. The number of carbonyl (C=O) groups excluding carboxylic acids is 2. The van der Waals surface area contributed by atoms with Crippen LogP contribution < -0.4 is 10.6 Å². The number of carbonyl (C=O) groups is 3. The maximum absolute atomic E-state index is 11.7. The largest absolute Gasteiger partial charge is 0.481 e. The predicted molar refractivity (Wildman–Crippen MR) is 74.1 cm³/mol. The summed E-state index contributed by atoms with van der Waals surface area (Å²) in [6, 6.07) is -0.461. The Kier molecular flexibility index (Phi) is 5.53. The van der Waals surface area contributed by atoms with Crippen LogP contribution in [0, 0.1) is 11.3 Å². The van der Waals surface area contributed by atoms with E-state index in [1.54, 1.807) is 13.8 Å². The summed E-state index contributed by atoms with van der Waals surface area (Å²) < 4.78 is 0. The van der Waals surface area contributed by atoms with Crippen LogP contribution in [0.25, 0.3) is 0 Å². The number of rotatable bonds is 7. The average Bonchev–Trinajstić information content (AvgIpc) is 2.96. The molecule has 0 radical (unpaired) electrons. The van der Waals surface area contributed by atoms with Crippen molar-refractivity contribution in [2.45, 2.75) is 58.9 Å². The predicted octanol–water partition coefficient (Wildman–Crippen LogP) is 1.89. The van der Waals surface area contributed by atoms with Gasteiger partial charge >= 0.3 is 12.0 Å². The molecule has 0 aliphatic heterocycles. The Balaban J connectivity index is 2.29. The molecule has 6 heteroatoms. The summed E-state index contributed by atoms with van der Waals surface area (Å²) in [7, 11) is 0. The van der Waals surface area contributed by atoms with E-state index in [2.05, 4.69) is 10.6 Å². The van der Waals surface area contributed by atoms with Crippen molar-refractivity contribution in [2.24, 2.45) is 11.3 Å². The normalized spacial score (nSPS) is 16.4. The van der Waals surface area contributed by atoms with Gasteiger partial charge in [0.15, 0.2) is 0 Å². The molecule has 1 fully saturated rings. The van der Waals surface area contributed by atoms with Gasteiger partial charge in [-0.25, -0.2) is 4.79 Å². The van der Waals surface area contributed by atoms with E-state index in [1.807, 2.05) is 6.92 Å². The Morgan fingerprint density at radius 1 is 1.25 bits per heavy atom. The summed E-state index contributed by atoms with van der Waals surface area (Å²) in [6.07, 6.45) is 3.27. The van der Waals surface area contributed by atoms with Crippen molar-refractivity contribution in [1.29, 1.82) is 0 Å². The molecular weight excluding hydrogens is 260 g/mol. The van der Waals surface area contributed by atoms with Crippen molar-refractivity contribution in [3.8, 4) is 0 Å². The molecule has 1 atom stereocenters. The number of nitrogens with one attached hydrogen (secondary N) is 2. The Morgan fingerprint density at radius 3 is 2.35 bits per heavy atom. The molecule has 1 saturated carbocycles. The minimum Gasteiger partial charge on any atom is -0.481 e. The molecule has 0 aromatic heterocycles. The number of amides is 3. The van der Waals surface area contributed by atoms with Crippen LogP contribution in [0.3, 0.4) is 0 Å². The van der Waals surface area contributed by atoms with Gasteiger partial charge in [-0.2, -0.15) is 0 Å². The van der Waals surface area contributed by atoms with Crippen molar-refractivity contribution in [2.75, 3.05) is 0 Å². The van der Waals surface area contributed by atoms with Gasteiger partial charge in [-0.3, -0.25) is 14.9 Å². The Bertz CT molecular complexity index is 389. The maximum Gasteiger partial charge on any atom is 0.321 e. The monoisotopic (exact) mass is 284 g/mol. The summed E-state index contributed by atoms with van der Waals surface area (Å²) >= 11 is 0. The van der Waals surface area contributed by atoms with Gasteiger partial charge in [0.05, 0.1) is 6.42 Å². The van der Waals surface area contributed by atoms with Crippen LogP contribution in [0.4, 0.5) is 4.79 Å². The number of imide groups is 1. The summed E-state index contributed by atoms with van der Waals surface area (Å²) in [5, 5.41) is 13.7. The molecule has 0 aromatic carbocycles. The summed E-state index contributed by atoms with van der Waals surface area (Å²) in [4.78, 5) is 34.0. The van der Waals surface area contributed by atoms with Crippen LogP contribution in [0.15, 0.2) is 0 Å². The smallest absolute Gasteiger partial charge is 0.321 e. The zero-order chi connectivity index (χ0) is 15.3. The Labute approximate surface area is 119 Å². The second-order valence-corrected chi connectivity index (χ2v) is 6.51. The SMILES string of the molecule is CC(CC1CC1)NC(=O)NC(=O)CC(C)(C)CC(=O)O. The second-order valence-electron chi connectivity index (χ2n) is 6.51. The summed E-state index contributed by atoms with van der Waals surface area (Å²) in [6.45, 7) is 5.29. The second kappa shape index (κ2) is 6.72. The topological polar surface area (TPSA) is 95.5 Å². The van der Waals surface area contributed by atoms with Gasteiger partial charge in [-0.05, 0) is 24.7 Å². The van der Waals surface area contributed by atoms with Crippen molar-refractivity contribution < 1.29 is 19.5 Å². The number of hydrogen-bond donors (Lipinski definition) is 3. The first-order valence-electron chi connectivity index (χ1n) is 7.00. The van der Waals surface area contributed by atoms with Gasteiger partial charge in [0.2, 0.25) is 5.91 Å². The highest BCUT2D eigenvalue weighted by Gasteiger charge is 2.27. The zero-order valence-corrected chi connectivity index (χ0v) is 12.4. The van der Waals surface area contributed by atoms with Crippen LogP contribution in [-0.4, -0.2) is 29.1 Å². The molecule has 3 amide bonds. The first kappa shape index (κ1) is 16.5. The van der Waals surface area contributed by atoms with Gasteiger partial charge in [0.1, 0.15) is 0 Å². The average molecular weight is 284 g/mol. The zero-order valence-electron chi connectivity index (χ0n) is 12.4. The van der Waals surface area contributed by atoms with Gasteiger partial charge in [0, 0.05) is 12.5 Å². The van der Waals surface area contributed by atoms with Crippen LogP contribution in [0.5, 0.6) is 0 Å². The number of carboxylic acid groups (broad SMARTS) is 1. The molecule has 20 heavy (non-hydrogen) atoms. The molecule has 1 aliphatic rings. The maximum atomic E-state index is 11.7. The van der Waals surface area contributed by atoms with E-state index in [0.717, 1.165) is 6.42 Å². The first-order valence-corrected chi connectivity index (χ1v) is 7.00. The molecule has 1 unspecified atom stereocenters. The lowest BCUT2D eigenvalue weighted by Crippen LogP contribution is -2.44. The lowest BCUT2D eigenvalue weighted by Gasteiger charge is -2.21. The molecule has 0 spiro atoms. The fourth-order valence-corrected chi connectivity index (χ4v) is 2.25. The Hall–Kier alpha value is -1.59. The third kappa shape index (κ3) is 7.11. The summed E-state index contributed by atoms with van der Waals surface area (Å²) in [5.74, 6) is -0.701. The first-order chi connectivity index (χ1) is 9.18. The van der Waals surface area contributed by atoms with Crippen LogP contribution in [0.1, 0.15) is 52.9 Å². The third-order valence-electron chi connectivity index (χ3n) is 3.28. The quantitative estimate of drug-likeness (QED) is 0.665. The molecule has 1 rings (SSSR count). The van der Waals surface area contributed by atoms with Crippen molar-refractivity contribution >= 4 is 17.9 Å². The molecule has 0 heterocycles. The highest BCUT2D eigenvalue weighted by atomic mass is 16.4. The van der Waals surface area contributed by atoms with Gasteiger partial charge in [-0.15, -0.1) is 0 Å². The highest BCUT2D eigenvalue weighted by Crippen LogP contribution is 2.33. The van der Waals surface area contributed by atoms with Gasteiger partial charge in [-0.1, -0.05) is 26.7 Å². The lowest BCUT2D eigenvalue weighted by molar-refractivity contribution is -0.139. The molecular formula is C14H24N2O4. The molecule has 0 saturated heterocycles. The van der Waals surface area contributed by atoms with E-state index >= 15 is 0 Å². The molecule has 6 nitrogen and oxygen atoms in total. The van der Waals surface area contributed by atoms with E-state index in [9.17, 15) is 14.4 Å². The third-order valence-corrected chi connectivity index (χ3v) is 3.28. The van der Waals surface area contributed by atoms with Crippen LogP contribution in [-0.2, 0) is 9.59 Å². The fraction of sp³-hybridized carbons (Fsp3) is 0.786. The molecule has 114 valence electrons. The molecule has 3 N–H and O–H groups in total. The van der Waals surface area contributed by atoms with E-state index in [-0.39, 0.29) is 18.9 Å². The number of aliphatic carboxylic acids is 1. The van der Waals surface area contributed by atoms with Crippen LogP contribution >= 0.6 is 0 Å². The fourth-order valence-electron chi connectivity index (χ4n) is 2.25. The van der Waals surface area contributed by atoms with Gasteiger partial charge in [0.25, 0.3) is 0 Å². The molecule has 0 bridgehead atoms. The molecule has 1 aliphatic carbocycles. The van der Waals surface area contributed by atoms with E-state index < -0.39 is 23.3 Å². The highest BCUT2D eigenvalue weighted by molar-refractivity contribution is 5.94. The summed E-state index contributed by atoms with van der Waals surface area (Å²) in [5.41, 5.74) is -0.671.